The molecule has 16 heavy (non-hydrogen) atoms. The van der Waals surface area contributed by atoms with Gasteiger partial charge in [-0.05, 0) is 36.8 Å². The third-order valence-corrected chi connectivity index (χ3v) is 2.93. The van der Waals surface area contributed by atoms with Crippen LogP contribution < -0.4 is 5.56 Å². The maximum atomic E-state index is 11.7. The molecule has 1 heterocycles. The van der Waals surface area contributed by atoms with Crippen LogP contribution in [0.3, 0.4) is 0 Å². The highest BCUT2D eigenvalue weighted by molar-refractivity contribution is 6.35. The SMILES string of the molecule is Cc1cc[nH]c(=O)c1-c1cc(Cl)ccc1Cl. The molecule has 1 aromatic heterocycles. The van der Waals surface area contributed by atoms with E-state index in [0.29, 0.717) is 21.2 Å². The summed E-state index contributed by atoms with van der Waals surface area (Å²) in [6.45, 7) is 1.86. The van der Waals surface area contributed by atoms with Crippen LogP contribution in [-0.2, 0) is 0 Å². The molecule has 1 aromatic carbocycles. The summed E-state index contributed by atoms with van der Waals surface area (Å²) >= 11 is 12.0. The number of hydrogen-bond acceptors (Lipinski definition) is 1. The summed E-state index contributed by atoms with van der Waals surface area (Å²) in [6, 6.07) is 6.90. The van der Waals surface area contributed by atoms with Crippen LogP contribution >= 0.6 is 23.2 Å². The fourth-order valence-corrected chi connectivity index (χ4v) is 1.98. The van der Waals surface area contributed by atoms with Crippen LogP contribution in [-0.4, -0.2) is 4.98 Å². The zero-order valence-electron chi connectivity index (χ0n) is 8.55. The second-order valence-corrected chi connectivity index (χ2v) is 4.33. The molecule has 2 rings (SSSR count). The average molecular weight is 254 g/mol. The van der Waals surface area contributed by atoms with Crippen molar-refractivity contribution in [3.8, 4) is 11.1 Å². The molecule has 0 unspecified atom stereocenters. The molecule has 2 nitrogen and oxygen atoms in total. The number of aryl methyl sites for hydroxylation is 1. The molecular weight excluding hydrogens is 245 g/mol. The Balaban J connectivity index is 2.77. The van der Waals surface area contributed by atoms with Crippen LogP contribution in [0.1, 0.15) is 5.56 Å². The van der Waals surface area contributed by atoms with Gasteiger partial charge in [0.1, 0.15) is 0 Å². The minimum atomic E-state index is -0.163. The predicted octanol–water partition coefficient (Wildman–Crippen LogP) is 3.66. The minimum absolute atomic E-state index is 0.163. The number of pyridine rings is 1. The lowest BCUT2D eigenvalue weighted by molar-refractivity contribution is 1.21. The fraction of sp³-hybridized carbons (Fsp3) is 0.0833. The van der Waals surface area contributed by atoms with Crippen molar-refractivity contribution < 1.29 is 0 Å². The third kappa shape index (κ3) is 1.99. The van der Waals surface area contributed by atoms with E-state index in [2.05, 4.69) is 4.98 Å². The highest BCUT2D eigenvalue weighted by Crippen LogP contribution is 2.29. The largest absolute Gasteiger partial charge is 0.329 e. The first kappa shape index (κ1) is 11.2. The standard InChI is InChI=1S/C12H9Cl2NO/c1-7-4-5-15-12(16)11(7)9-6-8(13)2-3-10(9)14/h2-6H,1H3,(H,15,16). The smallest absolute Gasteiger partial charge is 0.256 e. The number of halogens is 2. The highest BCUT2D eigenvalue weighted by Gasteiger charge is 2.10. The number of hydrogen-bond donors (Lipinski definition) is 1. The number of rotatable bonds is 1. The van der Waals surface area contributed by atoms with Gasteiger partial charge in [0.2, 0.25) is 0 Å². The van der Waals surface area contributed by atoms with Crippen LogP contribution in [0.4, 0.5) is 0 Å². The summed E-state index contributed by atoms with van der Waals surface area (Å²) in [6.07, 6.45) is 1.61. The number of aromatic amines is 1. The Labute approximate surface area is 103 Å². The number of benzene rings is 1. The third-order valence-electron chi connectivity index (χ3n) is 2.37. The van der Waals surface area contributed by atoms with Gasteiger partial charge in [0.15, 0.2) is 0 Å². The van der Waals surface area contributed by atoms with Crippen molar-refractivity contribution in [2.24, 2.45) is 0 Å². The highest BCUT2D eigenvalue weighted by atomic mass is 35.5. The quantitative estimate of drug-likeness (QED) is 0.827. The van der Waals surface area contributed by atoms with E-state index < -0.39 is 0 Å². The van der Waals surface area contributed by atoms with Crippen molar-refractivity contribution in [1.82, 2.24) is 4.98 Å². The lowest BCUT2D eigenvalue weighted by atomic mass is 10.0. The molecule has 0 fully saturated rings. The van der Waals surface area contributed by atoms with E-state index in [1.165, 1.54) is 0 Å². The molecule has 0 radical (unpaired) electrons. The van der Waals surface area contributed by atoms with Crippen molar-refractivity contribution in [2.45, 2.75) is 6.92 Å². The molecule has 0 atom stereocenters. The molecule has 1 N–H and O–H groups in total. The van der Waals surface area contributed by atoms with E-state index in [0.717, 1.165) is 5.56 Å². The van der Waals surface area contributed by atoms with Crippen molar-refractivity contribution in [1.29, 1.82) is 0 Å². The van der Waals surface area contributed by atoms with Gasteiger partial charge in [0, 0.05) is 21.8 Å². The van der Waals surface area contributed by atoms with Gasteiger partial charge < -0.3 is 4.98 Å². The van der Waals surface area contributed by atoms with Crippen LogP contribution in [0.5, 0.6) is 0 Å². The van der Waals surface area contributed by atoms with Crippen LogP contribution in [0.2, 0.25) is 10.0 Å². The Morgan fingerprint density at radius 3 is 2.62 bits per heavy atom. The van der Waals surface area contributed by atoms with Gasteiger partial charge in [-0.1, -0.05) is 23.2 Å². The van der Waals surface area contributed by atoms with Gasteiger partial charge in [-0.3, -0.25) is 4.79 Å². The normalized spacial score (nSPS) is 10.4. The molecule has 0 aliphatic heterocycles. The Hall–Kier alpha value is -1.25. The predicted molar refractivity (Wildman–Crippen MR) is 67.3 cm³/mol. The van der Waals surface area contributed by atoms with Gasteiger partial charge in [0.25, 0.3) is 5.56 Å². The summed E-state index contributed by atoms with van der Waals surface area (Å²) < 4.78 is 0. The first-order valence-corrected chi connectivity index (χ1v) is 5.49. The second-order valence-electron chi connectivity index (χ2n) is 3.49. The van der Waals surface area contributed by atoms with E-state index >= 15 is 0 Å². The van der Waals surface area contributed by atoms with Gasteiger partial charge in [-0.2, -0.15) is 0 Å². The zero-order chi connectivity index (χ0) is 11.7. The van der Waals surface area contributed by atoms with Crippen molar-refractivity contribution in [3.63, 3.8) is 0 Å². The number of nitrogens with one attached hydrogen (secondary N) is 1. The molecule has 0 saturated heterocycles. The maximum absolute atomic E-state index is 11.7. The van der Waals surface area contributed by atoms with E-state index in [4.69, 9.17) is 23.2 Å². The molecule has 4 heteroatoms. The Morgan fingerprint density at radius 2 is 1.94 bits per heavy atom. The van der Waals surface area contributed by atoms with Gasteiger partial charge >= 0.3 is 0 Å². The molecule has 82 valence electrons. The molecule has 0 aliphatic rings. The first-order chi connectivity index (χ1) is 7.59. The Bertz CT molecular complexity index is 590. The zero-order valence-corrected chi connectivity index (χ0v) is 10.1. The second kappa shape index (κ2) is 4.32. The molecule has 0 aliphatic carbocycles. The Morgan fingerprint density at radius 1 is 1.19 bits per heavy atom. The number of H-pyrrole nitrogens is 1. The van der Waals surface area contributed by atoms with Gasteiger partial charge in [-0.25, -0.2) is 0 Å². The molecule has 0 bridgehead atoms. The van der Waals surface area contributed by atoms with E-state index in [1.807, 2.05) is 13.0 Å². The van der Waals surface area contributed by atoms with Crippen molar-refractivity contribution >= 4 is 23.2 Å². The molecule has 0 spiro atoms. The lowest BCUT2D eigenvalue weighted by Crippen LogP contribution is -2.09. The van der Waals surface area contributed by atoms with E-state index in [9.17, 15) is 4.79 Å². The number of aromatic nitrogens is 1. The first-order valence-electron chi connectivity index (χ1n) is 4.73. The summed E-state index contributed by atoms with van der Waals surface area (Å²) in [5.74, 6) is 0. The molecule has 0 saturated carbocycles. The average Bonchev–Trinajstić information content (AvgIpc) is 2.23. The van der Waals surface area contributed by atoms with E-state index in [-0.39, 0.29) is 5.56 Å². The van der Waals surface area contributed by atoms with Gasteiger partial charge in [-0.15, -0.1) is 0 Å². The van der Waals surface area contributed by atoms with Gasteiger partial charge in [0.05, 0.1) is 5.56 Å². The van der Waals surface area contributed by atoms with Crippen LogP contribution in [0, 0.1) is 6.92 Å². The monoisotopic (exact) mass is 253 g/mol. The Kier molecular flexibility index (Phi) is 3.03. The molecule has 2 aromatic rings. The fourth-order valence-electron chi connectivity index (χ4n) is 1.60. The topological polar surface area (TPSA) is 32.9 Å². The van der Waals surface area contributed by atoms with Crippen molar-refractivity contribution in [2.75, 3.05) is 0 Å². The summed E-state index contributed by atoms with van der Waals surface area (Å²) in [4.78, 5) is 14.4. The minimum Gasteiger partial charge on any atom is -0.329 e. The summed E-state index contributed by atoms with van der Waals surface area (Å²) in [7, 11) is 0. The summed E-state index contributed by atoms with van der Waals surface area (Å²) in [5.41, 5.74) is 1.93. The van der Waals surface area contributed by atoms with Crippen molar-refractivity contribution in [3.05, 3.63) is 56.4 Å². The van der Waals surface area contributed by atoms with Crippen LogP contribution in [0.15, 0.2) is 35.3 Å². The molecule has 0 amide bonds. The molecular formula is C12H9Cl2NO. The summed E-state index contributed by atoms with van der Waals surface area (Å²) in [5, 5.41) is 1.08. The van der Waals surface area contributed by atoms with Crippen LogP contribution in [0.25, 0.3) is 11.1 Å². The lowest BCUT2D eigenvalue weighted by Gasteiger charge is -2.07. The van der Waals surface area contributed by atoms with E-state index in [1.54, 1.807) is 24.4 Å². The maximum Gasteiger partial charge on any atom is 0.256 e.